The maximum absolute atomic E-state index is 5.72. The Hall–Kier alpha value is -0.900. The summed E-state index contributed by atoms with van der Waals surface area (Å²) in [5, 5.41) is 3.49. The van der Waals surface area contributed by atoms with Crippen LogP contribution >= 0.6 is 0 Å². The molecule has 1 saturated heterocycles. The summed E-state index contributed by atoms with van der Waals surface area (Å²) >= 11 is 0. The van der Waals surface area contributed by atoms with E-state index in [1.165, 1.54) is 11.1 Å². The summed E-state index contributed by atoms with van der Waals surface area (Å²) < 4.78 is 5.72. The predicted molar refractivity (Wildman–Crippen MR) is 75.0 cm³/mol. The number of nitrogens with zero attached hydrogens (tertiary/aromatic N) is 1. The summed E-state index contributed by atoms with van der Waals surface area (Å²) in [6, 6.07) is 8.72. The number of likely N-dealkylation sites (N-methyl/N-ethyl adjacent to an activating group) is 1. The number of hydrogen-bond acceptors (Lipinski definition) is 3. The molecule has 3 heteroatoms. The van der Waals surface area contributed by atoms with E-state index in [1.54, 1.807) is 0 Å². The molecule has 3 nitrogen and oxygen atoms in total. The number of ether oxygens (including phenoxy) is 1. The van der Waals surface area contributed by atoms with Gasteiger partial charge in [0.1, 0.15) is 0 Å². The van der Waals surface area contributed by atoms with Crippen molar-refractivity contribution in [2.24, 2.45) is 0 Å². The lowest BCUT2D eigenvalue weighted by atomic mass is 10.1. The highest BCUT2D eigenvalue weighted by Crippen LogP contribution is 2.04. The first-order chi connectivity index (χ1) is 8.74. The number of benzene rings is 1. The van der Waals surface area contributed by atoms with E-state index >= 15 is 0 Å². The minimum absolute atomic E-state index is 0.348. The molecule has 1 atom stereocenters. The van der Waals surface area contributed by atoms with Gasteiger partial charge in [0.15, 0.2) is 0 Å². The zero-order valence-electron chi connectivity index (χ0n) is 11.5. The minimum Gasteiger partial charge on any atom is -0.374 e. The lowest BCUT2D eigenvalue weighted by Crippen LogP contribution is -2.45. The summed E-state index contributed by atoms with van der Waals surface area (Å²) in [5.41, 5.74) is 2.74. The average molecular weight is 248 g/mol. The molecule has 1 unspecified atom stereocenters. The largest absolute Gasteiger partial charge is 0.374 e. The Morgan fingerprint density at radius 1 is 1.44 bits per heavy atom. The first-order valence-electron chi connectivity index (χ1n) is 6.80. The van der Waals surface area contributed by atoms with Crippen LogP contribution in [-0.2, 0) is 11.2 Å². The van der Waals surface area contributed by atoms with Crippen LogP contribution in [0.4, 0.5) is 0 Å². The molecule has 1 N–H and O–H groups in total. The van der Waals surface area contributed by atoms with Gasteiger partial charge in [-0.2, -0.15) is 0 Å². The normalized spacial score (nSPS) is 21.1. The first kappa shape index (κ1) is 13.5. The van der Waals surface area contributed by atoms with Gasteiger partial charge in [0.05, 0.1) is 12.7 Å². The summed E-state index contributed by atoms with van der Waals surface area (Å²) in [4.78, 5) is 2.33. The number of hydrogen-bond donors (Lipinski definition) is 1. The van der Waals surface area contributed by atoms with Crippen LogP contribution in [0.5, 0.6) is 0 Å². The van der Waals surface area contributed by atoms with Gasteiger partial charge in [-0.3, -0.25) is 0 Å². The maximum atomic E-state index is 5.72. The molecule has 0 spiro atoms. The molecule has 1 aliphatic heterocycles. The maximum Gasteiger partial charge on any atom is 0.0826 e. The van der Waals surface area contributed by atoms with Gasteiger partial charge in [0.25, 0.3) is 0 Å². The van der Waals surface area contributed by atoms with Gasteiger partial charge < -0.3 is 15.0 Å². The van der Waals surface area contributed by atoms with Crippen LogP contribution in [0.25, 0.3) is 0 Å². The molecule has 0 saturated carbocycles. The van der Waals surface area contributed by atoms with Crippen molar-refractivity contribution >= 4 is 0 Å². The minimum atomic E-state index is 0.348. The quantitative estimate of drug-likeness (QED) is 0.798. The molecule has 18 heavy (non-hydrogen) atoms. The Morgan fingerprint density at radius 2 is 2.33 bits per heavy atom. The van der Waals surface area contributed by atoms with E-state index in [0.29, 0.717) is 6.10 Å². The predicted octanol–water partition coefficient (Wildman–Crippen LogP) is 1.46. The molecule has 0 radical (unpaired) electrons. The summed E-state index contributed by atoms with van der Waals surface area (Å²) in [5.74, 6) is 0. The Balaban J connectivity index is 1.64. The number of rotatable bonds is 5. The second-order valence-corrected chi connectivity index (χ2v) is 5.20. The second kappa shape index (κ2) is 6.88. The van der Waals surface area contributed by atoms with Crippen LogP contribution in [0.3, 0.4) is 0 Å². The molecule has 100 valence electrons. The molecule has 1 aromatic carbocycles. The van der Waals surface area contributed by atoms with Gasteiger partial charge in [-0.1, -0.05) is 29.8 Å². The molecule has 1 aliphatic rings. The molecule has 0 bridgehead atoms. The van der Waals surface area contributed by atoms with Crippen molar-refractivity contribution in [2.45, 2.75) is 19.4 Å². The fraction of sp³-hybridized carbons (Fsp3) is 0.600. The van der Waals surface area contributed by atoms with Gasteiger partial charge >= 0.3 is 0 Å². The lowest BCUT2D eigenvalue weighted by molar-refractivity contribution is -0.0179. The Labute approximate surface area is 110 Å². The van der Waals surface area contributed by atoms with Crippen LogP contribution in [0.2, 0.25) is 0 Å². The molecule has 1 aromatic rings. The molecule has 2 rings (SSSR count). The van der Waals surface area contributed by atoms with Crippen molar-refractivity contribution in [1.82, 2.24) is 10.2 Å². The fourth-order valence-corrected chi connectivity index (χ4v) is 2.35. The Kier molecular flexibility index (Phi) is 5.17. The van der Waals surface area contributed by atoms with Crippen LogP contribution in [0, 0.1) is 6.92 Å². The SMILES string of the molecule is Cc1cccc(CCNCC2CN(C)CCO2)c1. The van der Waals surface area contributed by atoms with Crippen LogP contribution < -0.4 is 5.32 Å². The van der Waals surface area contributed by atoms with E-state index in [4.69, 9.17) is 4.74 Å². The first-order valence-corrected chi connectivity index (χ1v) is 6.80. The zero-order chi connectivity index (χ0) is 12.8. The van der Waals surface area contributed by atoms with Crippen molar-refractivity contribution < 1.29 is 4.74 Å². The third-order valence-electron chi connectivity index (χ3n) is 3.39. The lowest BCUT2D eigenvalue weighted by Gasteiger charge is -2.30. The Bertz CT molecular complexity index is 367. The van der Waals surface area contributed by atoms with E-state index in [1.807, 2.05) is 0 Å². The monoisotopic (exact) mass is 248 g/mol. The molecule has 0 aliphatic carbocycles. The van der Waals surface area contributed by atoms with Crippen molar-refractivity contribution in [1.29, 1.82) is 0 Å². The highest BCUT2D eigenvalue weighted by atomic mass is 16.5. The van der Waals surface area contributed by atoms with Crippen molar-refractivity contribution in [3.05, 3.63) is 35.4 Å². The van der Waals surface area contributed by atoms with Crippen molar-refractivity contribution in [3.63, 3.8) is 0 Å². The smallest absolute Gasteiger partial charge is 0.0826 e. The van der Waals surface area contributed by atoms with E-state index in [-0.39, 0.29) is 0 Å². The molecule has 1 fully saturated rings. The third kappa shape index (κ3) is 4.41. The van der Waals surface area contributed by atoms with Crippen LogP contribution in [-0.4, -0.2) is 50.8 Å². The van der Waals surface area contributed by atoms with E-state index in [2.05, 4.69) is 48.5 Å². The van der Waals surface area contributed by atoms with E-state index < -0.39 is 0 Å². The molecular weight excluding hydrogens is 224 g/mol. The zero-order valence-corrected chi connectivity index (χ0v) is 11.5. The van der Waals surface area contributed by atoms with Crippen LogP contribution in [0.1, 0.15) is 11.1 Å². The summed E-state index contributed by atoms with van der Waals surface area (Å²) in [6.07, 6.45) is 1.44. The van der Waals surface area contributed by atoms with Crippen molar-refractivity contribution in [3.8, 4) is 0 Å². The van der Waals surface area contributed by atoms with Crippen molar-refractivity contribution in [2.75, 3.05) is 39.8 Å². The standard InChI is InChI=1S/C15H24N2O/c1-13-4-3-5-14(10-13)6-7-16-11-15-12-17(2)8-9-18-15/h3-5,10,15-16H,6-9,11-12H2,1-2H3. The molecule has 0 aromatic heterocycles. The Morgan fingerprint density at radius 3 is 3.11 bits per heavy atom. The molecular formula is C15H24N2O. The van der Waals surface area contributed by atoms with Gasteiger partial charge in [0, 0.05) is 19.6 Å². The second-order valence-electron chi connectivity index (χ2n) is 5.20. The molecule has 0 amide bonds. The highest BCUT2D eigenvalue weighted by Gasteiger charge is 2.16. The summed E-state index contributed by atoms with van der Waals surface area (Å²) in [6.45, 7) is 7.07. The highest BCUT2D eigenvalue weighted by molar-refractivity contribution is 5.22. The van der Waals surface area contributed by atoms with Gasteiger partial charge in [-0.15, -0.1) is 0 Å². The van der Waals surface area contributed by atoms with E-state index in [9.17, 15) is 0 Å². The summed E-state index contributed by atoms with van der Waals surface area (Å²) in [7, 11) is 2.16. The van der Waals surface area contributed by atoms with Gasteiger partial charge in [-0.05, 0) is 32.5 Å². The fourth-order valence-electron chi connectivity index (χ4n) is 2.35. The van der Waals surface area contributed by atoms with Crippen LogP contribution in [0.15, 0.2) is 24.3 Å². The number of nitrogens with one attached hydrogen (secondary N) is 1. The average Bonchev–Trinajstić information content (AvgIpc) is 2.35. The third-order valence-corrected chi connectivity index (χ3v) is 3.39. The van der Waals surface area contributed by atoms with Gasteiger partial charge in [0.2, 0.25) is 0 Å². The topological polar surface area (TPSA) is 24.5 Å². The molecule has 1 heterocycles. The van der Waals surface area contributed by atoms with E-state index in [0.717, 1.165) is 39.2 Å². The number of aryl methyl sites for hydroxylation is 1. The van der Waals surface area contributed by atoms with Gasteiger partial charge in [-0.25, -0.2) is 0 Å². The number of morpholine rings is 1.